The molecule has 3 rings (SSSR count). The number of carbonyl (C=O) groups is 1. The Labute approximate surface area is 145 Å². The van der Waals surface area contributed by atoms with Gasteiger partial charge in [-0.3, -0.25) is 4.79 Å². The van der Waals surface area contributed by atoms with Gasteiger partial charge in [0.1, 0.15) is 0 Å². The normalized spacial score (nSPS) is 16.1. The van der Waals surface area contributed by atoms with Crippen molar-refractivity contribution in [1.82, 2.24) is 14.6 Å². The lowest BCUT2D eigenvalue weighted by atomic mass is 10.2. The topological polar surface area (TPSA) is 82.6 Å². The molecule has 1 N–H and O–H groups in total. The molecule has 0 aliphatic carbocycles. The summed E-state index contributed by atoms with van der Waals surface area (Å²) in [6.45, 7) is 2.06. The Morgan fingerprint density at radius 1 is 1.17 bits per heavy atom. The van der Waals surface area contributed by atoms with E-state index in [0.29, 0.717) is 31.7 Å². The van der Waals surface area contributed by atoms with Crippen LogP contribution in [0.2, 0.25) is 0 Å². The third-order valence-corrected chi connectivity index (χ3v) is 6.65. The van der Waals surface area contributed by atoms with Gasteiger partial charge in [0.2, 0.25) is 10.0 Å². The molecule has 24 heavy (non-hydrogen) atoms. The molecule has 0 saturated carbocycles. The minimum Gasteiger partial charge on any atom is -0.355 e. The van der Waals surface area contributed by atoms with Gasteiger partial charge in [0.15, 0.2) is 5.13 Å². The summed E-state index contributed by atoms with van der Waals surface area (Å²) in [5.41, 5.74) is 0.435. The number of anilines is 1. The van der Waals surface area contributed by atoms with Gasteiger partial charge in [0.05, 0.1) is 4.90 Å². The van der Waals surface area contributed by atoms with Crippen LogP contribution in [0.4, 0.5) is 5.13 Å². The Morgan fingerprint density at radius 3 is 2.38 bits per heavy atom. The van der Waals surface area contributed by atoms with Crippen molar-refractivity contribution in [3.8, 4) is 0 Å². The van der Waals surface area contributed by atoms with Crippen molar-refractivity contribution in [2.24, 2.45) is 0 Å². The van der Waals surface area contributed by atoms with Crippen LogP contribution in [0.25, 0.3) is 0 Å². The Kier molecular flexibility index (Phi) is 4.83. The van der Waals surface area contributed by atoms with E-state index in [4.69, 9.17) is 0 Å². The number of aromatic nitrogens is 1. The average molecular weight is 366 g/mol. The average Bonchev–Trinajstić information content (AvgIpc) is 3.16. The SMILES string of the molecule is CNC(=O)c1ccc(S(=O)(=O)N2CCN(c3nccs3)CC2)cc1. The zero-order chi connectivity index (χ0) is 17.2. The number of sulfonamides is 1. The highest BCUT2D eigenvalue weighted by Crippen LogP contribution is 2.22. The molecule has 7 nitrogen and oxygen atoms in total. The third kappa shape index (κ3) is 3.28. The summed E-state index contributed by atoms with van der Waals surface area (Å²) in [7, 11) is -2.01. The fourth-order valence-corrected chi connectivity index (χ4v) is 4.68. The van der Waals surface area contributed by atoms with E-state index in [1.54, 1.807) is 17.5 Å². The van der Waals surface area contributed by atoms with Crippen molar-refractivity contribution in [2.75, 3.05) is 38.1 Å². The molecular formula is C15H18N4O3S2. The molecule has 128 valence electrons. The molecule has 1 aliphatic heterocycles. The Balaban J connectivity index is 1.71. The molecule has 1 amide bonds. The molecule has 1 fully saturated rings. The lowest BCUT2D eigenvalue weighted by Crippen LogP contribution is -2.48. The maximum Gasteiger partial charge on any atom is 0.251 e. The van der Waals surface area contributed by atoms with E-state index in [1.165, 1.54) is 35.6 Å². The van der Waals surface area contributed by atoms with Crippen molar-refractivity contribution >= 4 is 32.4 Å². The Hall–Kier alpha value is -1.97. The van der Waals surface area contributed by atoms with Gasteiger partial charge in [-0.25, -0.2) is 13.4 Å². The highest BCUT2D eigenvalue weighted by molar-refractivity contribution is 7.89. The minimum absolute atomic E-state index is 0.206. The number of nitrogens with one attached hydrogen (secondary N) is 1. The predicted molar refractivity (Wildman–Crippen MR) is 92.9 cm³/mol. The summed E-state index contributed by atoms with van der Waals surface area (Å²) >= 11 is 1.55. The maximum absolute atomic E-state index is 12.7. The van der Waals surface area contributed by atoms with Gasteiger partial charge in [-0.1, -0.05) is 0 Å². The summed E-state index contributed by atoms with van der Waals surface area (Å²) in [4.78, 5) is 18.1. The summed E-state index contributed by atoms with van der Waals surface area (Å²) in [6, 6.07) is 6.01. The molecule has 0 spiro atoms. The lowest BCUT2D eigenvalue weighted by Gasteiger charge is -2.33. The smallest absolute Gasteiger partial charge is 0.251 e. The van der Waals surface area contributed by atoms with Crippen LogP contribution in [0.15, 0.2) is 40.7 Å². The van der Waals surface area contributed by atoms with Crippen molar-refractivity contribution in [1.29, 1.82) is 0 Å². The first-order valence-corrected chi connectivity index (χ1v) is 9.81. The van der Waals surface area contributed by atoms with Gasteiger partial charge in [-0.05, 0) is 24.3 Å². The van der Waals surface area contributed by atoms with Gasteiger partial charge in [-0.2, -0.15) is 4.31 Å². The second-order valence-corrected chi connectivity index (χ2v) is 8.12. The van der Waals surface area contributed by atoms with Crippen LogP contribution >= 0.6 is 11.3 Å². The van der Waals surface area contributed by atoms with E-state index < -0.39 is 10.0 Å². The fraction of sp³-hybridized carbons (Fsp3) is 0.333. The van der Waals surface area contributed by atoms with Gasteiger partial charge >= 0.3 is 0 Å². The molecule has 9 heteroatoms. The number of amides is 1. The van der Waals surface area contributed by atoms with Gasteiger partial charge in [0.25, 0.3) is 5.91 Å². The summed E-state index contributed by atoms with van der Waals surface area (Å²) in [5.74, 6) is -0.240. The number of benzene rings is 1. The Morgan fingerprint density at radius 2 is 1.83 bits per heavy atom. The summed E-state index contributed by atoms with van der Waals surface area (Å²) in [5, 5.41) is 5.34. The van der Waals surface area contributed by atoms with Gasteiger partial charge in [0, 0.05) is 50.4 Å². The lowest BCUT2D eigenvalue weighted by molar-refractivity contribution is 0.0963. The minimum atomic E-state index is -3.55. The van der Waals surface area contributed by atoms with E-state index in [2.05, 4.69) is 15.2 Å². The number of hydrogen-bond acceptors (Lipinski definition) is 6. The van der Waals surface area contributed by atoms with E-state index in [0.717, 1.165) is 5.13 Å². The second-order valence-electron chi connectivity index (χ2n) is 5.31. The molecule has 0 atom stereocenters. The van der Waals surface area contributed by atoms with Crippen LogP contribution in [0.5, 0.6) is 0 Å². The van der Waals surface area contributed by atoms with Crippen LogP contribution in [0, 0.1) is 0 Å². The number of hydrogen-bond donors (Lipinski definition) is 1. The number of thiazole rings is 1. The van der Waals surface area contributed by atoms with E-state index >= 15 is 0 Å². The third-order valence-electron chi connectivity index (χ3n) is 3.91. The van der Waals surface area contributed by atoms with Crippen LogP contribution in [-0.2, 0) is 10.0 Å². The molecular weight excluding hydrogens is 348 g/mol. The van der Waals surface area contributed by atoms with Crippen molar-refractivity contribution in [2.45, 2.75) is 4.90 Å². The van der Waals surface area contributed by atoms with Crippen molar-refractivity contribution < 1.29 is 13.2 Å². The van der Waals surface area contributed by atoms with E-state index in [1.807, 2.05) is 5.38 Å². The number of rotatable bonds is 4. The number of nitrogens with zero attached hydrogens (tertiary/aromatic N) is 3. The molecule has 1 aromatic carbocycles. The zero-order valence-corrected chi connectivity index (χ0v) is 14.8. The van der Waals surface area contributed by atoms with E-state index in [9.17, 15) is 13.2 Å². The highest BCUT2D eigenvalue weighted by atomic mass is 32.2. The molecule has 1 aliphatic rings. The largest absolute Gasteiger partial charge is 0.355 e. The number of carbonyl (C=O) groups excluding carboxylic acids is 1. The molecule has 2 heterocycles. The van der Waals surface area contributed by atoms with Crippen LogP contribution in [0.3, 0.4) is 0 Å². The first-order valence-electron chi connectivity index (χ1n) is 7.49. The molecule has 0 unspecified atom stereocenters. The molecule has 1 saturated heterocycles. The fourth-order valence-electron chi connectivity index (χ4n) is 2.56. The summed E-state index contributed by atoms with van der Waals surface area (Å²) < 4.78 is 26.9. The summed E-state index contributed by atoms with van der Waals surface area (Å²) in [6.07, 6.45) is 1.75. The highest BCUT2D eigenvalue weighted by Gasteiger charge is 2.29. The second kappa shape index (κ2) is 6.88. The van der Waals surface area contributed by atoms with Gasteiger partial charge < -0.3 is 10.2 Å². The monoisotopic (exact) mass is 366 g/mol. The van der Waals surface area contributed by atoms with Crippen LogP contribution in [0.1, 0.15) is 10.4 Å². The van der Waals surface area contributed by atoms with Crippen molar-refractivity contribution in [3.63, 3.8) is 0 Å². The quantitative estimate of drug-likeness (QED) is 0.873. The molecule has 0 bridgehead atoms. The number of piperazine rings is 1. The van der Waals surface area contributed by atoms with Crippen LogP contribution in [-0.4, -0.2) is 56.8 Å². The maximum atomic E-state index is 12.7. The first kappa shape index (κ1) is 16.9. The molecule has 2 aromatic rings. The Bertz CT molecular complexity index is 796. The standard InChI is InChI=1S/C15H18N4O3S2/c1-16-14(20)12-2-4-13(5-3-12)24(21,22)19-9-7-18(8-10-19)15-17-6-11-23-15/h2-6,11H,7-10H2,1H3,(H,16,20). The predicted octanol–water partition coefficient (Wildman–Crippen LogP) is 1.01. The molecule has 1 aromatic heterocycles. The van der Waals surface area contributed by atoms with E-state index in [-0.39, 0.29) is 10.8 Å². The molecule has 0 radical (unpaired) electrons. The van der Waals surface area contributed by atoms with Crippen LogP contribution < -0.4 is 10.2 Å². The zero-order valence-electron chi connectivity index (χ0n) is 13.2. The van der Waals surface area contributed by atoms with Crippen molar-refractivity contribution in [3.05, 3.63) is 41.4 Å². The first-order chi connectivity index (χ1) is 11.5. The van der Waals surface area contributed by atoms with Gasteiger partial charge in [-0.15, -0.1) is 11.3 Å².